The van der Waals surface area contributed by atoms with Gasteiger partial charge in [0.15, 0.2) is 0 Å². The average Bonchev–Trinajstić information content (AvgIpc) is 2.87. The zero-order valence-corrected chi connectivity index (χ0v) is 8.96. The molecule has 0 bridgehead atoms. The molecule has 0 aromatic heterocycles. The normalized spacial score (nSPS) is 24.8. The van der Waals surface area contributed by atoms with Crippen LogP contribution < -0.4 is 4.74 Å². The molecule has 1 aromatic carbocycles. The van der Waals surface area contributed by atoms with Crippen molar-refractivity contribution in [3.05, 3.63) is 29.3 Å². The molecule has 1 heterocycles. The van der Waals surface area contributed by atoms with E-state index in [4.69, 9.17) is 9.47 Å². The van der Waals surface area contributed by atoms with Gasteiger partial charge in [0.25, 0.3) is 0 Å². The lowest BCUT2D eigenvalue weighted by molar-refractivity contribution is 0.201. The summed E-state index contributed by atoms with van der Waals surface area (Å²) in [6, 6.07) is 6.25. The Labute approximate surface area is 84.8 Å². The van der Waals surface area contributed by atoms with Crippen LogP contribution in [-0.4, -0.2) is 18.8 Å². The maximum absolute atomic E-state index is 5.72. The van der Waals surface area contributed by atoms with Gasteiger partial charge in [0.05, 0.1) is 6.61 Å². The van der Waals surface area contributed by atoms with E-state index in [9.17, 15) is 0 Å². The summed E-state index contributed by atoms with van der Waals surface area (Å²) in [5, 5.41) is 0. The van der Waals surface area contributed by atoms with Crippen molar-refractivity contribution < 1.29 is 9.47 Å². The zero-order valence-electron chi connectivity index (χ0n) is 8.96. The highest BCUT2D eigenvalue weighted by molar-refractivity contribution is 5.36. The van der Waals surface area contributed by atoms with Crippen molar-refractivity contribution in [2.75, 3.05) is 13.2 Å². The number of aryl methyl sites for hydroxylation is 2. The number of hydrogen-bond donors (Lipinski definition) is 0. The standard InChI is InChI=1S/C12H16O2/c1-9-4-5-10(2)11(6-9)13-7-12(3)8-14-12/h4-6H,7-8H2,1-3H3. The van der Waals surface area contributed by atoms with Gasteiger partial charge in [-0.2, -0.15) is 0 Å². The Morgan fingerprint density at radius 3 is 2.79 bits per heavy atom. The fourth-order valence-electron chi connectivity index (χ4n) is 1.30. The second-order valence-electron chi connectivity index (χ2n) is 4.30. The first-order valence-corrected chi connectivity index (χ1v) is 4.93. The van der Waals surface area contributed by atoms with Crippen molar-refractivity contribution >= 4 is 0 Å². The summed E-state index contributed by atoms with van der Waals surface area (Å²) in [6.45, 7) is 7.67. The van der Waals surface area contributed by atoms with Crippen LogP contribution in [0.25, 0.3) is 0 Å². The van der Waals surface area contributed by atoms with Gasteiger partial charge in [-0.3, -0.25) is 0 Å². The second-order valence-corrected chi connectivity index (χ2v) is 4.30. The van der Waals surface area contributed by atoms with Crippen LogP contribution in [-0.2, 0) is 4.74 Å². The monoisotopic (exact) mass is 192 g/mol. The maximum atomic E-state index is 5.72. The Bertz CT molecular complexity index is 340. The molecule has 0 aliphatic carbocycles. The van der Waals surface area contributed by atoms with Crippen LogP contribution in [0.2, 0.25) is 0 Å². The Hall–Kier alpha value is -1.02. The molecule has 0 N–H and O–H groups in total. The minimum atomic E-state index is -0.0316. The minimum absolute atomic E-state index is 0.0316. The average molecular weight is 192 g/mol. The van der Waals surface area contributed by atoms with E-state index in [-0.39, 0.29) is 5.60 Å². The summed E-state index contributed by atoms with van der Waals surface area (Å²) in [7, 11) is 0. The van der Waals surface area contributed by atoms with Crippen molar-refractivity contribution in [2.24, 2.45) is 0 Å². The van der Waals surface area contributed by atoms with Gasteiger partial charge in [-0.05, 0) is 38.0 Å². The van der Waals surface area contributed by atoms with Gasteiger partial charge in [0, 0.05) is 0 Å². The quantitative estimate of drug-likeness (QED) is 0.686. The molecule has 1 saturated heterocycles. The molecule has 0 amide bonds. The molecule has 0 spiro atoms. The van der Waals surface area contributed by atoms with Gasteiger partial charge in [-0.1, -0.05) is 12.1 Å². The molecule has 76 valence electrons. The van der Waals surface area contributed by atoms with Gasteiger partial charge < -0.3 is 9.47 Å². The van der Waals surface area contributed by atoms with Gasteiger partial charge in [0.1, 0.15) is 18.0 Å². The van der Waals surface area contributed by atoms with E-state index < -0.39 is 0 Å². The molecule has 2 rings (SSSR count). The number of benzene rings is 1. The van der Waals surface area contributed by atoms with E-state index in [0.29, 0.717) is 6.61 Å². The minimum Gasteiger partial charge on any atom is -0.490 e. The number of rotatable bonds is 3. The predicted molar refractivity (Wildman–Crippen MR) is 55.8 cm³/mol. The van der Waals surface area contributed by atoms with E-state index in [1.165, 1.54) is 11.1 Å². The van der Waals surface area contributed by atoms with Gasteiger partial charge in [0.2, 0.25) is 0 Å². The summed E-state index contributed by atoms with van der Waals surface area (Å²) in [6.07, 6.45) is 0. The van der Waals surface area contributed by atoms with Gasteiger partial charge in [-0.25, -0.2) is 0 Å². The van der Waals surface area contributed by atoms with Crippen LogP contribution in [0.15, 0.2) is 18.2 Å². The first kappa shape index (κ1) is 9.53. The molecule has 2 nitrogen and oxygen atoms in total. The van der Waals surface area contributed by atoms with Crippen LogP contribution >= 0.6 is 0 Å². The summed E-state index contributed by atoms with van der Waals surface area (Å²) in [5.41, 5.74) is 2.38. The van der Waals surface area contributed by atoms with Gasteiger partial charge >= 0.3 is 0 Å². The van der Waals surface area contributed by atoms with Crippen molar-refractivity contribution in [3.8, 4) is 5.75 Å². The van der Waals surface area contributed by atoms with Crippen molar-refractivity contribution in [2.45, 2.75) is 26.4 Å². The lowest BCUT2D eigenvalue weighted by Gasteiger charge is -2.11. The molecule has 1 unspecified atom stereocenters. The second kappa shape index (κ2) is 3.28. The number of hydrogen-bond acceptors (Lipinski definition) is 2. The first-order chi connectivity index (χ1) is 6.59. The van der Waals surface area contributed by atoms with E-state index >= 15 is 0 Å². The SMILES string of the molecule is Cc1ccc(C)c(OCC2(C)CO2)c1. The zero-order chi connectivity index (χ0) is 10.2. The molecule has 2 heteroatoms. The summed E-state index contributed by atoms with van der Waals surface area (Å²) < 4.78 is 11.0. The Morgan fingerprint density at radius 2 is 2.14 bits per heavy atom. The van der Waals surface area contributed by atoms with E-state index in [1.807, 2.05) is 0 Å². The van der Waals surface area contributed by atoms with E-state index in [0.717, 1.165) is 12.4 Å². The molecule has 1 aliphatic rings. The molecule has 0 radical (unpaired) electrons. The third kappa shape index (κ3) is 2.07. The molecule has 1 atom stereocenters. The molecular weight excluding hydrogens is 176 g/mol. The Morgan fingerprint density at radius 1 is 1.43 bits per heavy atom. The lowest BCUT2D eigenvalue weighted by Crippen LogP contribution is -2.17. The third-order valence-corrected chi connectivity index (χ3v) is 2.51. The largest absolute Gasteiger partial charge is 0.490 e. The fourth-order valence-corrected chi connectivity index (χ4v) is 1.30. The van der Waals surface area contributed by atoms with Crippen molar-refractivity contribution in [3.63, 3.8) is 0 Å². The van der Waals surface area contributed by atoms with Crippen LogP contribution in [0.1, 0.15) is 18.1 Å². The maximum Gasteiger partial charge on any atom is 0.123 e. The highest BCUT2D eigenvalue weighted by Gasteiger charge is 2.40. The Balaban J connectivity index is 2.04. The molecule has 0 saturated carbocycles. The smallest absolute Gasteiger partial charge is 0.123 e. The third-order valence-electron chi connectivity index (χ3n) is 2.51. The summed E-state index contributed by atoms with van der Waals surface area (Å²) in [4.78, 5) is 0. The van der Waals surface area contributed by atoms with Gasteiger partial charge in [-0.15, -0.1) is 0 Å². The molecule has 14 heavy (non-hydrogen) atoms. The lowest BCUT2D eigenvalue weighted by atomic mass is 10.1. The van der Waals surface area contributed by atoms with E-state index in [1.54, 1.807) is 0 Å². The predicted octanol–water partition coefficient (Wildman–Crippen LogP) is 2.47. The molecule has 1 fully saturated rings. The molecule has 1 aromatic rings. The first-order valence-electron chi connectivity index (χ1n) is 4.93. The van der Waals surface area contributed by atoms with Crippen LogP contribution in [0.3, 0.4) is 0 Å². The van der Waals surface area contributed by atoms with Crippen molar-refractivity contribution in [1.29, 1.82) is 0 Å². The van der Waals surface area contributed by atoms with Crippen LogP contribution in [0, 0.1) is 13.8 Å². The van der Waals surface area contributed by atoms with Crippen molar-refractivity contribution in [1.82, 2.24) is 0 Å². The van der Waals surface area contributed by atoms with Crippen LogP contribution in [0.4, 0.5) is 0 Å². The number of ether oxygens (including phenoxy) is 2. The summed E-state index contributed by atoms with van der Waals surface area (Å²) >= 11 is 0. The van der Waals surface area contributed by atoms with E-state index in [2.05, 4.69) is 39.0 Å². The number of epoxide rings is 1. The van der Waals surface area contributed by atoms with Crippen LogP contribution in [0.5, 0.6) is 5.75 Å². The molecular formula is C12H16O2. The Kier molecular flexibility index (Phi) is 2.23. The molecule has 1 aliphatic heterocycles. The highest BCUT2D eigenvalue weighted by Crippen LogP contribution is 2.28. The fraction of sp³-hybridized carbons (Fsp3) is 0.500. The highest BCUT2D eigenvalue weighted by atomic mass is 16.6. The topological polar surface area (TPSA) is 21.8 Å². The summed E-state index contributed by atoms with van der Waals surface area (Å²) in [5.74, 6) is 0.974.